The van der Waals surface area contributed by atoms with Crippen molar-refractivity contribution in [3.8, 4) is 0 Å². The third-order valence-corrected chi connectivity index (χ3v) is 4.23. The van der Waals surface area contributed by atoms with Crippen LogP contribution in [0.5, 0.6) is 0 Å². The van der Waals surface area contributed by atoms with E-state index in [9.17, 15) is 29.3 Å². The zero-order valence-corrected chi connectivity index (χ0v) is 13.1. The lowest BCUT2D eigenvalue weighted by molar-refractivity contribution is -0.385. The SMILES string of the molecule is O=C(CN1C(=O)c2cccc([N+](=O)[O-])c2C1=O)O[C@@H]1CCCCC1=O. The van der Waals surface area contributed by atoms with Crippen LogP contribution in [-0.4, -0.2) is 46.0 Å². The van der Waals surface area contributed by atoms with Gasteiger partial charge in [-0.05, 0) is 25.3 Å². The highest BCUT2D eigenvalue weighted by atomic mass is 16.6. The first kappa shape index (κ1) is 16.7. The van der Waals surface area contributed by atoms with Crippen molar-refractivity contribution >= 4 is 29.3 Å². The first-order valence-electron chi connectivity index (χ1n) is 7.76. The standard InChI is InChI=1S/C16H14N2O7/c19-11-6-1-2-7-12(11)25-13(20)8-17-15(21)9-4-3-5-10(18(23)24)14(9)16(17)22/h3-5,12H,1-2,6-8H2/t12-/m1/s1. The molecule has 9 heteroatoms. The van der Waals surface area contributed by atoms with Crippen LogP contribution in [-0.2, 0) is 14.3 Å². The fourth-order valence-electron chi connectivity index (χ4n) is 3.01. The number of ketones is 1. The van der Waals surface area contributed by atoms with Crippen molar-refractivity contribution in [3.63, 3.8) is 0 Å². The van der Waals surface area contributed by atoms with Crippen LogP contribution < -0.4 is 0 Å². The maximum absolute atomic E-state index is 12.4. The summed E-state index contributed by atoms with van der Waals surface area (Å²) in [6.07, 6.45) is 1.39. The van der Waals surface area contributed by atoms with Gasteiger partial charge in [0.05, 0.1) is 10.5 Å². The lowest BCUT2D eigenvalue weighted by Crippen LogP contribution is -2.39. The Morgan fingerprint density at radius 3 is 2.68 bits per heavy atom. The molecule has 0 aromatic heterocycles. The quantitative estimate of drug-likeness (QED) is 0.348. The number of Topliss-reactive ketones (excluding diaryl/α,β-unsaturated/α-hetero) is 1. The molecule has 3 rings (SSSR count). The lowest BCUT2D eigenvalue weighted by atomic mass is 9.96. The number of nitro groups is 1. The molecule has 1 aromatic rings. The van der Waals surface area contributed by atoms with Crippen molar-refractivity contribution in [1.29, 1.82) is 0 Å². The van der Waals surface area contributed by atoms with E-state index in [1.807, 2.05) is 0 Å². The monoisotopic (exact) mass is 346 g/mol. The number of fused-ring (bicyclic) bond motifs is 1. The first-order chi connectivity index (χ1) is 11.9. The largest absolute Gasteiger partial charge is 0.453 e. The van der Waals surface area contributed by atoms with Gasteiger partial charge in [-0.25, -0.2) is 0 Å². The Bertz CT molecular complexity index is 802. The van der Waals surface area contributed by atoms with E-state index >= 15 is 0 Å². The Morgan fingerprint density at radius 2 is 2.00 bits per heavy atom. The summed E-state index contributed by atoms with van der Waals surface area (Å²) in [6.45, 7) is -0.687. The number of imide groups is 1. The Hall–Kier alpha value is -3.10. The summed E-state index contributed by atoms with van der Waals surface area (Å²) in [5.74, 6) is -2.79. The second-order valence-corrected chi connectivity index (χ2v) is 5.84. The molecule has 0 N–H and O–H groups in total. The number of hydrogen-bond acceptors (Lipinski definition) is 7. The predicted octanol–water partition coefficient (Wildman–Crippen LogP) is 1.25. The fourth-order valence-corrected chi connectivity index (χ4v) is 3.01. The minimum absolute atomic E-state index is 0.124. The number of nitrogens with zero attached hydrogens (tertiary/aromatic N) is 2. The highest BCUT2D eigenvalue weighted by molar-refractivity contribution is 6.24. The van der Waals surface area contributed by atoms with Gasteiger partial charge in [0.25, 0.3) is 17.5 Å². The first-order valence-corrected chi connectivity index (χ1v) is 7.76. The maximum Gasteiger partial charge on any atom is 0.326 e. The molecule has 25 heavy (non-hydrogen) atoms. The van der Waals surface area contributed by atoms with Crippen molar-refractivity contribution in [2.24, 2.45) is 0 Å². The topological polar surface area (TPSA) is 124 Å². The maximum atomic E-state index is 12.4. The summed E-state index contributed by atoms with van der Waals surface area (Å²) in [5.41, 5.74) is -0.950. The highest BCUT2D eigenvalue weighted by Gasteiger charge is 2.42. The average molecular weight is 346 g/mol. The van der Waals surface area contributed by atoms with E-state index < -0.39 is 41.0 Å². The van der Waals surface area contributed by atoms with E-state index in [4.69, 9.17) is 4.74 Å². The van der Waals surface area contributed by atoms with E-state index in [1.54, 1.807) is 0 Å². The van der Waals surface area contributed by atoms with E-state index in [0.717, 1.165) is 18.9 Å². The number of hydrogen-bond donors (Lipinski definition) is 0. The Balaban J connectivity index is 1.76. The van der Waals surface area contributed by atoms with Crippen LogP contribution in [0, 0.1) is 10.1 Å². The Labute approximate surface area is 141 Å². The van der Waals surface area contributed by atoms with Gasteiger partial charge < -0.3 is 4.74 Å². The predicted molar refractivity (Wildman–Crippen MR) is 81.8 cm³/mol. The molecule has 1 heterocycles. The number of amides is 2. The van der Waals surface area contributed by atoms with Gasteiger partial charge in [0.1, 0.15) is 12.1 Å². The van der Waals surface area contributed by atoms with E-state index in [1.165, 1.54) is 12.1 Å². The number of carbonyl (C=O) groups excluding carboxylic acids is 4. The number of carbonyl (C=O) groups is 4. The molecule has 1 fully saturated rings. The molecule has 2 aliphatic rings. The molecule has 9 nitrogen and oxygen atoms in total. The van der Waals surface area contributed by atoms with Crippen LogP contribution >= 0.6 is 0 Å². The molecule has 2 amide bonds. The number of esters is 1. The minimum Gasteiger partial charge on any atom is -0.453 e. The molecule has 0 radical (unpaired) electrons. The van der Waals surface area contributed by atoms with Gasteiger partial charge in [0, 0.05) is 12.5 Å². The molecule has 1 aromatic carbocycles. The summed E-state index contributed by atoms with van der Waals surface area (Å²) in [6, 6.07) is 3.70. The summed E-state index contributed by atoms with van der Waals surface area (Å²) < 4.78 is 5.07. The van der Waals surface area contributed by atoms with Crippen LogP contribution in [0.3, 0.4) is 0 Å². The van der Waals surface area contributed by atoms with E-state index in [2.05, 4.69) is 0 Å². The van der Waals surface area contributed by atoms with Crippen molar-refractivity contribution in [2.75, 3.05) is 6.54 Å². The third-order valence-electron chi connectivity index (χ3n) is 4.23. The van der Waals surface area contributed by atoms with Gasteiger partial charge in [-0.1, -0.05) is 6.07 Å². The second-order valence-electron chi connectivity index (χ2n) is 5.84. The minimum atomic E-state index is -0.917. The van der Waals surface area contributed by atoms with Crippen LogP contribution in [0.25, 0.3) is 0 Å². The molecular weight excluding hydrogens is 332 g/mol. The molecule has 0 unspecified atom stereocenters. The van der Waals surface area contributed by atoms with Crippen molar-refractivity contribution in [3.05, 3.63) is 39.4 Å². The second kappa shape index (κ2) is 6.42. The number of ether oxygens (including phenoxy) is 1. The van der Waals surface area contributed by atoms with Gasteiger partial charge in [-0.15, -0.1) is 0 Å². The van der Waals surface area contributed by atoms with Crippen LogP contribution in [0.4, 0.5) is 5.69 Å². The van der Waals surface area contributed by atoms with Gasteiger partial charge in [0.2, 0.25) is 0 Å². The van der Waals surface area contributed by atoms with Gasteiger partial charge in [-0.3, -0.25) is 34.2 Å². The van der Waals surface area contributed by atoms with Crippen molar-refractivity contribution in [2.45, 2.75) is 31.8 Å². The lowest BCUT2D eigenvalue weighted by Gasteiger charge is -2.21. The zero-order valence-electron chi connectivity index (χ0n) is 13.1. The molecule has 1 atom stereocenters. The average Bonchev–Trinajstić information content (AvgIpc) is 2.82. The third kappa shape index (κ3) is 3.00. The number of rotatable bonds is 4. The van der Waals surface area contributed by atoms with Crippen LogP contribution in [0.15, 0.2) is 18.2 Å². The molecule has 1 aliphatic heterocycles. The summed E-state index contributed by atoms with van der Waals surface area (Å²) in [4.78, 5) is 59.2. The van der Waals surface area contributed by atoms with Crippen molar-refractivity contribution < 1.29 is 28.8 Å². The number of benzene rings is 1. The van der Waals surface area contributed by atoms with Crippen LogP contribution in [0.1, 0.15) is 46.4 Å². The van der Waals surface area contributed by atoms with E-state index in [-0.39, 0.29) is 16.9 Å². The highest BCUT2D eigenvalue weighted by Crippen LogP contribution is 2.30. The summed E-state index contributed by atoms with van der Waals surface area (Å²) in [7, 11) is 0. The molecule has 1 saturated carbocycles. The van der Waals surface area contributed by atoms with E-state index in [0.29, 0.717) is 17.7 Å². The van der Waals surface area contributed by atoms with Crippen molar-refractivity contribution in [1.82, 2.24) is 4.90 Å². The summed E-state index contributed by atoms with van der Waals surface area (Å²) >= 11 is 0. The summed E-state index contributed by atoms with van der Waals surface area (Å²) in [5, 5.41) is 11.0. The Kier molecular flexibility index (Phi) is 4.30. The molecular formula is C16H14N2O7. The molecule has 0 bridgehead atoms. The van der Waals surface area contributed by atoms with Gasteiger partial charge in [0.15, 0.2) is 11.9 Å². The smallest absolute Gasteiger partial charge is 0.326 e. The normalized spacial score (nSPS) is 19.8. The Morgan fingerprint density at radius 1 is 1.24 bits per heavy atom. The van der Waals surface area contributed by atoms with Gasteiger partial charge >= 0.3 is 5.97 Å². The number of nitro benzene ring substituents is 1. The fraction of sp³-hybridized carbons (Fsp3) is 0.375. The molecule has 130 valence electrons. The molecule has 0 spiro atoms. The van der Waals surface area contributed by atoms with Gasteiger partial charge in [-0.2, -0.15) is 0 Å². The molecule has 0 saturated heterocycles. The van der Waals surface area contributed by atoms with Crippen LogP contribution in [0.2, 0.25) is 0 Å². The molecule has 1 aliphatic carbocycles. The zero-order chi connectivity index (χ0) is 18.1.